The Labute approximate surface area is 259 Å². The van der Waals surface area contributed by atoms with Crippen molar-refractivity contribution in [3.05, 3.63) is 161 Å². The van der Waals surface area contributed by atoms with E-state index in [0.717, 1.165) is 16.0 Å². The molecule has 5 aromatic rings. The van der Waals surface area contributed by atoms with Gasteiger partial charge >= 0.3 is 0 Å². The highest BCUT2D eigenvalue weighted by Gasteiger charge is 2.16. The Kier molecular flexibility index (Phi) is 9.85. The molecule has 0 bridgehead atoms. The van der Waals surface area contributed by atoms with E-state index in [1.54, 1.807) is 66.7 Å². The summed E-state index contributed by atoms with van der Waals surface area (Å²) < 4.78 is 0. The molecule has 212 valence electrons. The molecule has 0 atom stereocenters. The van der Waals surface area contributed by atoms with Crippen molar-refractivity contribution in [1.29, 1.82) is 0 Å². The van der Waals surface area contributed by atoms with Gasteiger partial charge in [-0.2, -0.15) is 0 Å². The predicted octanol–water partition coefficient (Wildman–Crippen LogP) is 8.39. The first kappa shape index (κ1) is 29.6. The largest absolute Gasteiger partial charge is 0.321 e. The van der Waals surface area contributed by atoms with Crippen LogP contribution in [0, 0.1) is 0 Å². The minimum atomic E-state index is -0.490. The highest BCUT2D eigenvalue weighted by Crippen LogP contribution is 2.25. The molecule has 2 N–H and O–H groups in total. The highest BCUT2D eigenvalue weighted by atomic mass is 35.5. The average Bonchev–Trinajstić information content (AvgIpc) is 3.05. The zero-order valence-electron chi connectivity index (χ0n) is 23.0. The maximum absolute atomic E-state index is 13.4. The predicted molar refractivity (Wildman–Crippen MR) is 175 cm³/mol. The number of carbonyl (C=O) groups excluding carboxylic acids is 3. The molecule has 0 unspecified atom stereocenters. The van der Waals surface area contributed by atoms with Crippen LogP contribution >= 0.6 is 23.4 Å². The molecule has 0 heterocycles. The van der Waals surface area contributed by atoms with Crippen LogP contribution in [0.25, 0.3) is 17.2 Å². The Morgan fingerprint density at radius 2 is 1.33 bits per heavy atom. The molecule has 0 aromatic heterocycles. The number of anilines is 1. The number of hydrogen-bond acceptors (Lipinski definition) is 4. The molecule has 43 heavy (non-hydrogen) atoms. The summed E-state index contributed by atoms with van der Waals surface area (Å²) in [4.78, 5) is 39.9. The molecule has 0 spiro atoms. The van der Waals surface area contributed by atoms with E-state index in [1.165, 1.54) is 11.8 Å². The number of nitrogens with one attached hydrogen (secondary N) is 2. The number of rotatable bonds is 10. The number of hydrogen-bond donors (Lipinski definition) is 2. The minimum absolute atomic E-state index is 0.0101. The van der Waals surface area contributed by atoms with Gasteiger partial charge in [-0.15, -0.1) is 11.8 Å². The molecule has 5 rings (SSSR count). The minimum Gasteiger partial charge on any atom is -0.321 e. The lowest BCUT2D eigenvalue weighted by Crippen LogP contribution is -2.30. The van der Waals surface area contributed by atoms with Crippen LogP contribution in [0.2, 0.25) is 5.02 Å². The van der Waals surface area contributed by atoms with Gasteiger partial charge < -0.3 is 10.6 Å². The van der Waals surface area contributed by atoms with Gasteiger partial charge in [0.1, 0.15) is 5.70 Å². The molecule has 0 fully saturated rings. The fourth-order valence-corrected chi connectivity index (χ4v) is 5.22. The Hall–Kier alpha value is -4.91. The van der Waals surface area contributed by atoms with Gasteiger partial charge in [-0.1, -0.05) is 103 Å². The van der Waals surface area contributed by atoms with E-state index in [2.05, 4.69) is 10.6 Å². The second-order valence-electron chi connectivity index (χ2n) is 9.57. The number of halogens is 1. The van der Waals surface area contributed by atoms with Crippen LogP contribution < -0.4 is 10.6 Å². The summed E-state index contributed by atoms with van der Waals surface area (Å²) in [6.45, 7) is 0. The molecule has 0 saturated carbocycles. The van der Waals surface area contributed by atoms with Crippen LogP contribution in [0.4, 0.5) is 5.69 Å². The fourth-order valence-electron chi connectivity index (χ4n) is 4.24. The van der Waals surface area contributed by atoms with E-state index in [-0.39, 0.29) is 17.2 Å². The summed E-state index contributed by atoms with van der Waals surface area (Å²) in [6, 6.07) is 40.5. The van der Waals surface area contributed by atoms with Gasteiger partial charge in [0.2, 0.25) is 0 Å². The lowest BCUT2D eigenvalue weighted by molar-refractivity contribution is -0.113. The monoisotopic (exact) mass is 602 g/mol. The van der Waals surface area contributed by atoms with E-state index in [9.17, 15) is 14.4 Å². The maximum atomic E-state index is 13.4. The molecule has 0 aliphatic carbocycles. The Morgan fingerprint density at radius 3 is 2.02 bits per heavy atom. The average molecular weight is 603 g/mol. The third-order valence-electron chi connectivity index (χ3n) is 6.49. The molecule has 0 radical (unpaired) electrons. The normalized spacial score (nSPS) is 11.0. The molecular formula is C36H27ClN2O3S. The maximum Gasteiger partial charge on any atom is 0.272 e. The second-order valence-corrected chi connectivity index (χ2v) is 11.1. The summed E-state index contributed by atoms with van der Waals surface area (Å²) >= 11 is 7.40. The summed E-state index contributed by atoms with van der Waals surface area (Å²) in [7, 11) is 0. The van der Waals surface area contributed by atoms with Gasteiger partial charge in [-0.3, -0.25) is 14.4 Å². The topological polar surface area (TPSA) is 75.3 Å². The van der Waals surface area contributed by atoms with Crippen LogP contribution in [0.15, 0.2) is 144 Å². The first-order valence-electron chi connectivity index (χ1n) is 13.5. The number of carbonyl (C=O) groups is 3. The number of thioether (sulfide) groups is 1. The quantitative estimate of drug-likeness (QED) is 0.0956. The van der Waals surface area contributed by atoms with E-state index in [4.69, 9.17) is 11.6 Å². The Balaban J connectivity index is 1.25. The molecule has 2 amide bonds. The van der Waals surface area contributed by atoms with Gasteiger partial charge in [-0.05, 0) is 65.2 Å². The van der Waals surface area contributed by atoms with E-state index in [1.807, 2.05) is 72.8 Å². The standard InChI is InChI=1S/C36H27ClN2O3S/c37-30-20-14-25(15-21-30)22-33(39-35(41)29-10-5-2-6-11-29)36(42)38-31-12-7-13-32(23-31)43-24-34(40)28-18-16-27(17-19-28)26-8-3-1-4-9-26/h1-23H,24H2,(H,38,42)(H,39,41)/b33-22-. The summed E-state index contributed by atoms with van der Waals surface area (Å²) in [6.07, 6.45) is 1.59. The lowest BCUT2D eigenvalue weighted by Gasteiger charge is -2.12. The Bertz CT molecular complexity index is 1750. The number of Topliss-reactive ketones (excluding diaryl/α,β-unsaturated/α-hetero) is 1. The summed E-state index contributed by atoms with van der Waals surface area (Å²) in [5.74, 6) is -0.640. The van der Waals surface area contributed by atoms with Gasteiger partial charge in [0, 0.05) is 26.7 Å². The van der Waals surface area contributed by atoms with E-state index >= 15 is 0 Å². The van der Waals surface area contributed by atoms with Crippen molar-refractivity contribution in [1.82, 2.24) is 5.32 Å². The van der Waals surface area contributed by atoms with Crippen molar-refractivity contribution < 1.29 is 14.4 Å². The van der Waals surface area contributed by atoms with Gasteiger partial charge in [-0.25, -0.2) is 0 Å². The van der Waals surface area contributed by atoms with Gasteiger partial charge in [0.15, 0.2) is 5.78 Å². The molecular weight excluding hydrogens is 576 g/mol. The third-order valence-corrected chi connectivity index (χ3v) is 7.73. The van der Waals surface area contributed by atoms with Crippen molar-refractivity contribution in [3.63, 3.8) is 0 Å². The molecule has 0 saturated heterocycles. The first-order chi connectivity index (χ1) is 20.9. The van der Waals surface area contributed by atoms with Crippen LogP contribution in [-0.2, 0) is 4.79 Å². The van der Waals surface area contributed by atoms with Crippen LogP contribution in [0.3, 0.4) is 0 Å². The van der Waals surface area contributed by atoms with Crippen molar-refractivity contribution >= 4 is 52.7 Å². The summed E-state index contributed by atoms with van der Waals surface area (Å²) in [5.41, 5.74) is 4.52. The highest BCUT2D eigenvalue weighted by molar-refractivity contribution is 8.00. The molecule has 0 aliphatic heterocycles. The van der Waals surface area contributed by atoms with Crippen LogP contribution in [0.5, 0.6) is 0 Å². The van der Waals surface area contributed by atoms with Gasteiger partial charge in [0.05, 0.1) is 5.75 Å². The molecule has 5 nitrogen and oxygen atoms in total. The fraction of sp³-hybridized carbons (Fsp3) is 0.0278. The van der Waals surface area contributed by atoms with Crippen LogP contribution in [-0.4, -0.2) is 23.4 Å². The van der Waals surface area contributed by atoms with Gasteiger partial charge in [0.25, 0.3) is 11.8 Å². The van der Waals surface area contributed by atoms with Crippen molar-refractivity contribution in [2.45, 2.75) is 4.90 Å². The van der Waals surface area contributed by atoms with Crippen LogP contribution in [0.1, 0.15) is 26.3 Å². The molecule has 0 aliphatic rings. The SMILES string of the molecule is O=C(Nc1cccc(SCC(=O)c2ccc(-c3ccccc3)cc2)c1)/C(=C/c1ccc(Cl)cc1)NC(=O)c1ccccc1. The smallest absolute Gasteiger partial charge is 0.272 e. The lowest BCUT2D eigenvalue weighted by atomic mass is 10.0. The zero-order valence-corrected chi connectivity index (χ0v) is 24.6. The van der Waals surface area contributed by atoms with Crippen molar-refractivity contribution in [2.24, 2.45) is 0 Å². The summed E-state index contributed by atoms with van der Waals surface area (Å²) in [5, 5.41) is 6.16. The Morgan fingerprint density at radius 1 is 0.674 bits per heavy atom. The van der Waals surface area contributed by atoms with E-state index in [0.29, 0.717) is 27.4 Å². The molecule has 7 heteroatoms. The van der Waals surface area contributed by atoms with Crippen molar-refractivity contribution in [3.8, 4) is 11.1 Å². The zero-order chi connectivity index (χ0) is 30.0. The second kappa shape index (κ2) is 14.3. The van der Waals surface area contributed by atoms with E-state index < -0.39 is 11.8 Å². The number of ketones is 1. The third kappa shape index (κ3) is 8.32. The van der Waals surface area contributed by atoms with Crippen molar-refractivity contribution in [2.75, 3.05) is 11.1 Å². The first-order valence-corrected chi connectivity index (χ1v) is 14.9. The number of amides is 2. The number of benzene rings is 5. The molecule has 5 aromatic carbocycles.